The summed E-state index contributed by atoms with van der Waals surface area (Å²) in [6.07, 6.45) is 7.87. The van der Waals surface area contributed by atoms with Crippen LogP contribution in [0.25, 0.3) is 43.6 Å². The number of benzene rings is 3. The zero-order valence-corrected chi connectivity index (χ0v) is 25.7. The van der Waals surface area contributed by atoms with Gasteiger partial charge in [0, 0.05) is 59.2 Å². The minimum absolute atomic E-state index is 0.665. The monoisotopic (exact) mass is 582 g/mol. The number of methoxy groups -OCH3 is 1. The minimum atomic E-state index is 0.665. The molecular formula is C38H38N4O2. The van der Waals surface area contributed by atoms with Crippen molar-refractivity contribution in [3.63, 3.8) is 0 Å². The van der Waals surface area contributed by atoms with Crippen LogP contribution < -0.4 is 9.47 Å². The van der Waals surface area contributed by atoms with Crippen LogP contribution >= 0.6 is 0 Å². The van der Waals surface area contributed by atoms with Crippen LogP contribution in [0.15, 0.2) is 91.3 Å². The molecule has 0 saturated carbocycles. The van der Waals surface area contributed by atoms with Crippen molar-refractivity contribution in [2.24, 2.45) is 0 Å². The van der Waals surface area contributed by atoms with Gasteiger partial charge in [0.05, 0.1) is 47.2 Å². The third kappa shape index (κ3) is 5.15. The Morgan fingerprint density at radius 3 is 1.84 bits per heavy atom. The van der Waals surface area contributed by atoms with Crippen LogP contribution in [-0.4, -0.2) is 32.8 Å². The van der Waals surface area contributed by atoms with E-state index in [1.54, 1.807) is 7.11 Å². The van der Waals surface area contributed by atoms with Gasteiger partial charge in [-0.25, -0.2) is 0 Å². The molecule has 0 atom stereocenters. The molecule has 0 aliphatic carbocycles. The van der Waals surface area contributed by atoms with Crippen LogP contribution in [0.5, 0.6) is 11.5 Å². The summed E-state index contributed by atoms with van der Waals surface area (Å²) in [7, 11) is 1.72. The normalized spacial score (nSPS) is 11.7. The first kappa shape index (κ1) is 28.0. The van der Waals surface area contributed by atoms with E-state index >= 15 is 0 Å². The summed E-state index contributed by atoms with van der Waals surface area (Å²) in [6.45, 7) is 6.69. The first-order chi connectivity index (χ1) is 21.6. The minimum Gasteiger partial charge on any atom is -0.497 e. The summed E-state index contributed by atoms with van der Waals surface area (Å²) in [6, 6.07) is 27.8. The van der Waals surface area contributed by atoms with Gasteiger partial charge in [0.15, 0.2) is 0 Å². The number of fused-ring (bicyclic) bond motifs is 6. The zero-order chi connectivity index (χ0) is 30.0. The molecule has 4 heterocycles. The molecule has 7 aromatic rings. The van der Waals surface area contributed by atoms with Crippen molar-refractivity contribution in [2.75, 3.05) is 13.7 Å². The Hall–Kier alpha value is -4.84. The molecule has 4 aromatic heterocycles. The van der Waals surface area contributed by atoms with Gasteiger partial charge in [-0.15, -0.1) is 0 Å². The number of aryl methyl sites for hydroxylation is 5. The van der Waals surface area contributed by atoms with E-state index in [0.717, 1.165) is 61.7 Å². The van der Waals surface area contributed by atoms with Crippen molar-refractivity contribution in [2.45, 2.75) is 52.6 Å². The molecule has 6 nitrogen and oxygen atoms in total. The van der Waals surface area contributed by atoms with Crippen molar-refractivity contribution in [1.29, 1.82) is 0 Å². The molecule has 0 saturated heterocycles. The van der Waals surface area contributed by atoms with Crippen LogP contribution in [0.4, 0.5) is 0 Å². The van der Waals surface area contributed by atoms with Crippen molar-refractivity contribution >= 4 is 43.6 Å². The van der Waals surface area contributed by atoms with Crippen molar-refractivity contribution in [3.05, 3.63) is 108 Å². The molecule has 0 aliphatic rings. The number of rotatable bonds is 11. The van der Waals surface area contributed by atoms with Gasteiger partial charge in [0.25, 0.3) is 0 Å². The van der Waals surface area contributed by atoms with Crippen LogP contribution in [0.3, 0.4) is 0 Å². The van der Waals surface area contributed by atoms with Gasteiger partial charge >= 0.3 is 0 Å². The average Bonchev–Trinajstić information content (AvgIpc) is 3.54. The maximum Gasteiger partial charge on any atom is 0.121 e. The fourth-order valence-electron chi connectivity index (χ4n) is 6.73. The summed E-state index contributed by atoms with van der Waals surface area (Å²) in [5, 5.41) is 4.99. The molecule has 0 bridgehead atoms. The number of hydrogen-bond donors (Lipinski definition) is 0. The molecule has 44 heavy (non-hydrogen) atoms. The standard InChI is InChI=1S/C38H38N4O2/c1-26-37-33(17-19-39-26)31-15-13-29(43-3)24-35(31)41(37)21-7-8-23-44-30-14-16-32-34-18-20-40-27(2)38(34)42(36(32)25-30)22-9-12-28-10-5-4-6-11-28/h4-6,10-11,13-20,24-25H,7-9,12,21-23H2,1-3H3. The maximum absolute atomic E-state index is 6.35. The van der Waals surface area contributed by atoms with E-state index in [0.29, 0.717) is 6.61 Å². The molecule has 0 unspecified atom stereocenters. The van der Waals surface area contributed by atoms with Gasteiger partial charge in [0.1, 0.15) is 11.5 Å². The molecule has 0 spiro atoms. The van der Waals surface area contributed by atoms with E-state index in [4.69, 9.17) is 9.47 Å². The number of pyridine rings is 2. The number of unbranched alkanes of at least 4 members (excludes halogenated alkanes) is 1. The maximum atomic E-state index is 6.35. The van der Waals surface area contributed by atoms with Gasteiger partial charge in [-0.1, -0.05) is 30.3 Å². The summed E-state index contributed by atoms with van der Waals surface area (Å²) in [5.74, 6) is 1.78. The fraction of sp³-hybridized carbons (Fsp3) is 0.263. The molecule has 6 heteroatoms. The Kier molecular flexibility index (Phi) is 7.65. The van der Waals surface area contributed by atoms with Crippen LogP contribution in [0.2, 0.25) is 0 Å². The highest BCUT2D eigenvalue weighted by Crippen LogP contribution is 2.34. The molecular weight excluding hydrogens is 544 g/mol. The first-order valence-corrected chi connectivity index (χ1v) is 15.6. The van der Waals surface area contributed by atoms with E-state index in [2.05, 4.69) is 106 Å². The van der Waals surface area contributed by atoms with Crippen molar-refractivity contribution in [1.82, 2.24) is 19.1 Å². The molecule has 222 valence electrons. The molecule has 0 radical (unpaired) electrons. The van der Waals surface area contributed by atoms with Crippen LogP contribution in [0, 0.1) is 13.8 Å². The second-order valence-corrected chi connectivity index (χ2v) is 11.6. The lowest BCUT2D eigenvalue weighted by atomic mass is 10.1. The Morgan fingerprint density at radius 1 is 0.614 bits per heavy atom. The third-order valence-corrected chi connectivity index (χ3v) is 8.83. The van der Waals surface area contributed by atoms with E-state index in [1.807, 2.05) is 18.5 Å². The van der Waals surface area contributed by atoms with Crippen molar-refractivity contribution in [3.8, 4) is 11.5 Å². The third-order valence-electron chi connectivity index (χ3n) is 8.83. The SMILES string of the molecule is COc1ccc2c3ccnc(C)c3n(CCCCOc3ccc4c5ccnc(C)c5n(CCCc5ccccc5)c4c3)c2c1. The summed E-state index contributed by atoms with van der Waals surface area (Å²) in [4.78, 5) is 9.23. The Morgan fingerprint density at radius 2 is 1.20 bits per heavy atom. The zero-order valence-electron chi connectivity index (χ0n) is 25.7. The Bertz CT molecular complexity index is 2090. The number of hydrogen-bond acceptors (Lipinski definition) is 4. The van der Waals surface area contributed by atoms with Crippen molar-refractivity contribution < 1.29 is 9.47 Å². The predicted molar refractivity (Wildman–Crippen MR) is 180 cm³/mol. The molecule has 0 fully saturated rings. The molecule has 0 aliphatic heterocycles. The van der Waals surface area contributed by atoms with Crippen LogP contribution in [0.1, 0.15) is 36.2 Å². The number of nitrogens with zero attached hydrogens (tertiary/aromatic N) is 4. The molecule has 3 aromatic carbocycles. The molecule has 0 amide bonds. The summed E-state index contributed by atoms with van der Waals surface area (Å²) in [5.41, 5.74) is 8.31. The van der Waals surface area contributed by atoms with Gasteiger partial charge < -0.3 is 18.6 Å². The number of aromatic nitrogens is 4. The Labute approximate surface area is 257 Å². The highest BCUT2D eigenvalue weighted by atomic mass is 16.5. The second kappa shape index (κ2) is 12.0. The molecule has 7 rings (SSSR count). The predicted octanol–water partition coefficient (Wildman–Crippen LogP) is 8.81. The lowest BCUT2D eigenvalue weighted by Gasteiger charge is -2.11. The highest BCUT2D eigenvalue weighted by molar-refractivity contribution is 6.09. The summed E-state index contributed by atoms with van der Waals surface area (Å²) >= 11 is 0. The van der Waals surface area contributed by atoms with Gasteiger partial charge in [-0.3, -0.25) is 9.97 Å². The van der Waals surface area contributed by atoms with Gasteiger partial charge in [-0.2, -0.15) is 0 Å². The lowest BCUT2D eigenvalue weighted by molar-refractivity contribution is 0.304. The van der Waals surface area contributed by atoms with E-state index in [-0.39, 0.29) is 0 Å². The van der Waals surface area contributed by atoms with Gasteiger partial charge in [0.2, 0.25) is 0 Å². The topological polar surface area (TPSA) is 54.1 Å². The summed E-state index contributed by atoms with van der Waals surface area (Å²) < 4.78 is 16.7. The number of ether oxygens (including phenoxy) is 2. The fourth-order valence-corrected chi connectivity index (χ4v) is 6.73. The Balaban J connectivity index is 1.08. The van der Waals surface area contributed by atoms with Crippen LogP contribution in [-0.2, 0) is 19.5 Å². The van der Waals surface area contributed by atoms with E-state index in [9.17, 15) is 0 Å². The highest BCUT2D eigenvalue weighted by Gasteiger charge is 2.15. The molecule has 0 N–H and O–H groups in total. The van der Waals surface area contributed by atoms with E-state index in [1.165, 1.54) is 49.2 Å². The second-order valence-electron chi connectivity index (χ2n) is 11.6. The smallest absolute Gasteiger partial charge is 0.121 e. The first-order valence-electron chi connectivity index (χ1n) is 15.6. The van der Waals surface area contributed by atoms with E-state index < -0.39 is 0 Å². The van der Waals surface area contributed by atoms with Gasteiger partial charge in [-0.05, 0) is 81.5 Å². The average molecular weight is 583 g/mol. The largest absolute Gasteiger partial charge is 0.497 e. The quantitative estimate of drug-likeness (QED) is 0.143. The lowest BCUT2D eigenvalue weighted by Crippen LogP contribution is -2.04.